The van der Waals surface area contributed by atoms with Gasteiger partial charge in [-0.25, -0.2) is 20.1 Å². The molecule has 0 aliphatic carbocycles. The normalized spacial score (nSPS) is 23.6. The van der Waals surface area contributed by atoms with Crippen LogP contribution in [0.1, 0.15) is 17.5 Å². The molecule has 0 amide bonds. The Morgan fingerprint density at radius 3 is 2.71 bits per heavy atom. The molecule has 1 aliphatic rings. The van der Waals surface area contributed by atoms with Crippen LogP contribution >= 0.6 is 11.6 Å². The SMILES string of the molecule is NS(=O)(=O)OC[C@H]1OC(n2cnc3c(C#Cc4ccccc4Cl)ncnc32)[C@H](O)[C@@H]1O. The lowest BCUT2D eigenvalue weighted by Gasteiger charge is -2.16. The third-order valence-electron chi connectivity index (χ3n) is 4.56. The first-order valence-corrected chi connectivity index (χ1v) is 10.7. The Morgan fingerprint density at radius 2 is 1.97 bits per heavy atom. The van der Waals surface area contributed by atoms with E-state index in [2.05, 4.69) is 31.0 Å². The summed E-state index contributed by atoms with van der Waals surface area (Å²) >= 11 is 6.12. The number of aliphatic hydroxyl groups excluding tert-OH is 2. The van der Waals surface area contributed by atoms with Gasteiger partial charge in [0.25, 0.3) is 0 Å². The summed E-state index contributed by atoms with van der Waals surface area (Å²) < 4.78 is 33.4. The molecular weight excluding hydrogens is 450 g/mol. The fourth-order valence-corrected chi connectivity index (χ4v) is 3.58. The molecule has 1 aromatic carbocycles. The molecule has 31 heavy (non-hydrogen) atoms. The van der Waals surface area contributed by atoms with E-state index < -0.39 is 41.5 Å². The fraction of sp³-hybridized carbons (Fsp3) is 0.278. The number of hydrogen-bond donors (Lipinski definition) is 3. The third-order valence-corrected chi connectivity index (χ3v) is 5.35. The van der Waals surface area contributed by atoms with Crippen molar-refractivity contribution in [2.24, 2.45) is 5.14 Å². The van der Waals surface area contributed by atoms with E-state index >= 15 is 0 Å². The van der Waals surface area contributed by atoms with Crippen LogP contribution in [0.2, 0.25) is 5.02 Å². The first-order valence-electron chi connectivity index (χ1n) is 8.87. The summed E-state index contributed by atoms with van der Waals surface area (Å²) in [4.78, 5) is 12.6. The van der Waals surface area contributed by atoms with E-state index in [0.29, 0.717) is 27.4 Å². The van der Waals surface area contributed by atoms with Gasteiger partial charge in [-0.3, -0.25) is 8.75 Å². The van der Waals surface area contributed by atoms with E-state index in [0.717, 1.165) is 0 Å². The predicted octanol–water partition coefficient (Wildman–Crippen LogP) is -0.281. The number of hydrogen-bond acceptors (Lipinski definition) is 9. The van der Waals surface area contributed by atoms with Crippen molar-refractivity contribution in [1.29, 1.82) is 0 Å². The maximum absolute atomic E-state index is 11.0. The minimum Gasteiger partial charge on any atom is -0.387 e. The van der Waals surface area contributed by atoms with Crippen molar-refractivity contribution in [2.75, 3.05) is 6.61 Å². The number of nitrogens with zero attached hydrogens (tertiary/aromatic N) is 4. The number of ether oxygens (including phenoxy) is 1. The molecule has 1 saturated heterocycles. The Kier molecular flexibility index (Phi) is 5.91. The lowest BCUT2D eigenvalue weighted by molar-refractivity contribution is -0.0467. The summed E-state index contributed by atoms with van der Waals surface area (Å²) in [5.41, 5.74) is 1.58. The minimum atomic E-state index is -4.23. The lowest BCUT2D eigenvalue weighted by Crippen LogP contribution is -2.35. The molecule has 4 N–H and O–H groups in total. The Balaban J connectivity index is 1.63. The number of benzene rings is 1. The van der Waals surface area contributed by atoms with Gasteiger partial charge in [-0.2, -0.15) is 8.42 Å². The molecule has 11 nitrogen and oxygen atoms in total. The van der Waals surface area contributed by atoms with Gasteiger partial charge in [0, 0.05) is 5.56 Å². The summed E-state index contributed by atoms with van der Waals surface area (Å²) in [7, 11) is -4.23. The number of rotatable bonds is 4. The molecule has 4 atom stereocenters. The Labute approximate surface area is 181 Å². The summed E-state index contributed by atoms with van der Waals surface area (Å²) in [6.07, 6.45) is -2.45. The number of imidazole rings is 1. The van der Waals surface area contributed by atoms with Crippen LogP contribution in [0.5, 0.6) is 0 Å². The van der Waals surface area contributed by atoms with Crippen LogP contribution in [-0.2, 0) is 19.2 Å². The van der Waals surface area contributed by atoms with E-state index in [1.807, 2.05) is 0 Å². The zero-order valence-electron chi connectivity index (χ0n) is 15.7. The maximum Gasteiger partial charge on any atom is 0.333 e. The molecule has 1 aliphatic heterocycles. The number of aliphatic hydroxyl groups is 2. The summed E-state index contributed by atoms with van der Waals surface area (Å²) in [6.45, 7) is -0.566. The zero-order valence-corrected chi connectivity index (χ0v) is 17.2. The van der Waals surface area contributed by atoms with Gasteiger partial charge in [-0.1, -0.05) is 29.7 Å². The van der Waals surface area contributed by atoms with Gasteiger partial charge in [0.2, 0.25) is 0 Å². The molecule has 13 heteroatoms. The molecule has 0 bridgehead atoms. The van der Waals surface area contributed by atoms with E-state index in [1.54, 1.807) is 24.3 Å². The van der Waals surface area contributed by atoms with E-state index in [9.17, 15) is 18.6 Å². The Morgan fingerprint density at radius 1 is 1.19 bits per heavy atom. The van der Waals surface area contributed by atoms with E-state index in [4.69, 9.17) is 21.5 Å². The first-order chi connectivity index (χ1) is 14.7. The van der Waals surface area contributed by atoms with Crippen LogP contribution in [0.3, 0.4) is 0 Å². The minimum absolute atomic E-state index is 0.294. The number of nitrogens with two attached hydrogens (primary N) is 1. The first kappa shape index (κ1) is 21.6. The van der Waals surface area contributed by atoms with Gasteiger partial charge in [-0.05, 0) is 18.1 Å². The standard InChI is InChI=1S/C18H16ClN5O6S/c19-11-4-2-1-3-10(11)5-6-12-14-17(22-8-21-12)24(9-23-14)18-16(26)15(25)13(30-18)7-29-31(20,27)28/h1-4,8-9,13,15-16,18,25-26H,7H2,(H2,20,27,28)/t13-,15-,16-,18?/m1/s1. The van der Waals surface area contributed by atoms with Crippen LogP contribution in [0.4, 0.5) is 0 Å². The molecule has 2 aromatic heterocycles. The highest BCUT2D eigenvalue weighted by Gasteiger charge is 2.44. The van der Waals surface area contributed by atoms with Crippen molar-refractivity contribution >= 4 is 33.1 Å². The summed E-state index contributed by atoms with van der Waals surface area (Å²) in [6, 6.07) is 7.08. The van der Waals surface area contributed by atoms with Crippen molar-refractivity contribution in [3.8, 4) is 11.8 Å². The zero-order chi connectivity index (χ0) is 22.2. The monoisotopic (exact) mass is 465 g/mol. The second-order valence-electron chi connectivity index (χ2n) is 6.60. The Bertz CT molecular complexity index is 1290. The van der Waals surface area contributed by atoms with Gasteiger partial charge in [0.05, 0.1) is 18.0 Å². The van der Waals surface area contributed by atoms with Crippen LogP contribution < -0.4 is 5.14 Å². The van der Waals surface area contributed by atoms with Crippen molar-refractivity contribution in [2.45, 2.75) is 24.5 Å². The van der Waals surface area contributed by atoms with Gasteiger partial charge < -0.3 is 14.9 Å². The van der Waals surface area contributed by atoms with Crippen LogP contribution in [0, 0.1) is 11.8 Å². The largest absolute Gasteiger partial charge is 0.387 e. The maximum atomic E-state index is 11.0. The summed E-state index contributed by atoms with van der Waals surface area (Å²) in [5, 5.41) is 25.9. The average Bonchev–Trinajstić information content (AvgIpc) is 3.27. The quantitative estimate of drug-likeness (QED) is 0.439. The van der Waals surface area contributed by atoms with Gasteiger partial charge in [-0.15, -0.1) is 0 Å². The molecule has 3 aromatic rings. The van der Waals surface area contributed by atoms with Crippen molar-refractivity contribution in [3.05, 3.63) is 53.2 Å². The second-order valence-corrected chi connectivity index (χ2v) is 8.23. The highest BCUT2D eigenvalue weighted by atomic mass is 35.5. The Hall–Kier alpha value is -2.63. The molecule has 0 saturated carbocycles. The van der Waals surface area contributed by atoms with E-state index in [1.165, 1.54) is 17.2 Å². The number of halogens is 1. The highest BCUT2D eigenvalue weighted by molar-refractivity contribution is 7.84. The third kappa shape index (κ3) is 4.53. The van der Waals surface area contributed by atoms with Crippen LogP contribution in [0.25, 0.3) is 11.2 Å². The number of aromatic nitrogens is 4. The predicted molar refractivity (Wildman–Crippen MR) is 108 cm³/mol. The van der Waals surface area contributed by atoms with Gasteiger partial charge in [0.1, 0.15) is 35.8 Å². The molecule has 1 fully saturated rings. The fourth-order valence-electron chi connectivity index (χ4n) is 3.08. The van der Waals surface area contributed by atoms with Crippen LogP contribution in [-0.4, -0.2) is 63.1 Å². The second kappa shape index (κ2) is 8.48. The van der Waals surface area contributed by atoms with Crippen LogP contribution in [0.15, 0.2) is 36.9 Å². The molecule has 4 rings (SSSR count). The average molecular weight is 466 g/mol. The molecule has 3 heterocycles. The van der Waals surface area contributed by atoms with Crippen molar-refractivity contribution in [3.63, 3.8) is 0 Å². The molecule has 0 radical (unpaired) electrons. The highest BCUT2D eigenvalue weighted by Crippen LogP contribution is 2.32. The van der Waals surface area contributed by atoms with Crippen molar-refractivity contribution < 1.29 is 27.6 Å². The van der Waals surface area contributed by atoms with Gasteiger partial charge in [0.15, 0.2) is 11.9 Å². The molecule has 0 spiro atoms. The molecule has 162 valence electrons. The summed E-state index contributed by atoms with van der Waals surface area (Å²) in [5.74, 6) is 5.83. The smallest absolute Gasteiger partial charge is 0.333 e. The topological polar surface area (TPSA) is 163 Å². The van der Waals surface area contributed by atoms with E-state index in [-0.39, 0.29) is 0 Å². The lowest BCUT2D eigenvalue weighted by atomic mass is 10.1. The van der Waals surface area contributed by atoms with Gasteiger partial charge >= 0.3 is 10.3 Å². The van der Waals surface area contributed by atoms with Crippen molar-refractivity contribution in [1.82, 2.24) is 19.5 Å². The number of fused-ring (bicyclic) bond motifs is 1. The molecule has 1 unspecified atom stereocenters. The molecular formula is C18H16ClN5O6S.